The van der Waals surface area contributed by atoms with Crippen molar-refractivity contribution < 1.29 is 19.0 Å². The molecule has 0 radical (unpaired) electrons. The lowest BCUT2D eigenvalue weighted by Crippen LogP contribution is -2.32. The highest BCUT2D eigenvalue weighted by molar-refractivity contribution is 9.10. The van der Waals surface area contributed by atoms with Crippen LogP contribution in [0.1, 0.15) is 26.3 Å². The molecule has 0 saturated carbocycles. The molecule has 0 unspecified atom stereocenters. The fraction of sp³-hybridized carbons (Fsp3) is 0.333. The second kappa shape index (κ2) is 9.71. The summed E-state index contributed by atoms with van der Waals surface area (Å²) in [5.41, 5.74) is 1.80. The first-order chi connectivity index (χ1) is 14.3. The molecule has 2 heterocycles. The van der Waals surface area contributed by atoms with Gasteiger partial charge < -0.3 is 19.5 Å². The molecule has 3 aromatic rings. The molecular formula is C21H23BrN4O4. The Labute approximate surface area is 183 Å². The van der Waals surface area contributed by atoms with Crippen LogP contribution >= 0.6 is 15.9 Å². The van der Waals surface area contributed by atoms with Gasteiger partial charge in [-0.15, -0.1) is 0 Å². The summed E-state index contributed by atoms with van der Waals surface area (Å²) < 4.78 is 17.4. The molecule has 0 fully saturated rings. The number of rotatable bonds is 7. The lowest BCUT2D eigenvalue weighted by atomic mass is 10.2. The molecule has 1 N–H and O–H groups in total. The van der Waals surface area contributed by atoms with Crippen LogP contribution in [0.4, 0.5) is 4.79 Å². The largest absolute Gasteiger partial charge is 0.488 e. The minimum Gasteiger partial charge on any atom is -0.488 e. The van der Waals surface area contributed by atoms with Gasteiger partial charge in [0.15, 0.2) is 0 Å². The van der Waals surface area contributed by atoms with Crippen molar-refractivity contribution in [3.05, 3.63) is 52.9 Å². The monoisotopic (exact) mass is 474 g/mol. The van der Waals surface area contributed by atoms with E-state index in [4.69, 9.17) is 14.2 Å². The minimum atomic E-state index is -0.542. The van der Waals surface area contributed by atoms with E-state index in [0.717, 1.165) is 21.1 Å². The van der Waals surface area contributed by atoms with Crippen LogP contribution in [-0.2, 0) is 11.3 Å². The number of hydrogen-bond donors (Lipinski definition) is 1. The summed E-state index contributed by atoms with van der Waals surface area (Å²) in [5, 5.41) is 2.69. The van der Waals surface area contributed by atoms with Crippen molar-refractivity contribution in [2.45, 2.75) is 32.9 Å². The maximum absolute atomic E-state index is 11.7. The van der Waals surface area contributed by atoms with Crippen LogP contribution in [0.25, 0.3) is 11.0 Å². The third kappa shape index (κ3) is 6.84. The van der Waals surface area contributed by atoms with Crippen molar-refractivity contribution >= 4 is 33.1 Å². The average molecular weight is 475 g/mol. The van der Waals surface area contributed by atoms with Crippen molar-refractivity contribution in [1.29, 1.82) is 0 Å². The summed E-state index contributed by atoms with van der Waals surface area (Å²) in [4.78, 5) is 24.6. The van der Waals surface area contributed by atoms with Crippen LogP contribution in [-0.4, -0.2) is 39.9 Å². The number of alkyl carbamates (subject to hydrolysis) is 1. The van der Waals surface area contributed by atoms with Gasteiger partial charge in [-0.2, -0.15) is 0 Å². The Morgan fingerprint density at radius 1 is 1.07 bits per heavy atom. The van der Waals surface area contributed by atoms with Gasteiger partial charge in [-0.05, 0) is 50.6 Å². The number of nitrogens with zero attached hydrogens (tertiary/aromatic N) is 3. The topological polar surface area (TPSA) is 95.5 Å². The number of benzene rings is 1. The molecule has 8 nitrogen and oxygen atoms in total. The van der Waals surface area contributed by atoms with Crippen molar-refractivity contribution in [2.24, 2.45) is 0 Å². The highest BCUT2D eigenvalue weighted by Gasteiger charge is 2.15. The fourth-order valence-corrected chi connectivity index (χ4v) is 2.82. The van der Waals surface area contributed by atoms with Gasteiger partial charge in [-0.1, -0.05) is 15.9 Å². The molecule has 0 aliphatic heterocycles. The maximum atomic E-state index is 11.7. The van der Waals surface area contributed by atoms with Gasteiger partial charge in [0.05, 0.1) is 23.4 Å². The zero-order valence-corrected chi connectivity index (χ0v) is 18.6. The summed E-state index contributed by atoms with van der Waals surface area (Å²) in [6.07, 6.45) is 4.36. The molecule has 0 saturated heterocycles. The van der Waals surface area contributed by atoms with Crippen LogP contribution in [0.5, 0.6) is 11.6 Å². The van der Waals surface area contributed by atoms with Crippen molar-refractivity contribution in [3.8, 4) is 11.6 Å². The molecule has 1 amide bonds. The number of carbonyl (C=O) groups is 1. The summed E-state index contributed by atoms with van der Waals surface area (Å²) in [6, 6.07) is 7.49. The van der Waals surface area contributed by atoms with Crippen LogP contribution in [0.15, 0.2) is 47.3 Å². The predicted molar refractivity (Wildman–Crippen MR) is 116 cm³/mol. The molecule has 2 aromatic heterocycles. The molecule has 158 valence electrons. The van der Waals surface area contributed by atoms with Crippen LogP contribution in [0.2, 0.25) is 0 Å². The molecule has 3 rings (SSSR count). The van der Waals surface area contributed by atoms with Crippen LogP contribution in [0, 0.1) is 0 Å². The zero-order chi connectivity index (χ0) is 21.6. The van der Waals surface area contributed by atoms with Gasteiger partial charge in [0, 0.05) is 17.2 Å². The smallest absolute Gasteiger partial charge is 0.407 e. The average Bonchev–Trinajstić information content (AvgIpc) is 2.68. The number of nitrogens with one attached hydrogen (secondary N) is 1. The van der Waals surface area contributed by atoms with E-state index in [2.05, 4.69) is 36.2 Å². The third-order valence-corrected chi connectivity index (χ3v) is 4.18. The van der Waals surface area contributed by atoms with Gasteiger partial charge in [0.1, 0.15) is 24.6 Å². The number of pyridine rings is 1. The normalized spacial score (nSPS) is 11.2. The Kier molecular flexibility index (Phi) is 7.04. The summed E-state index contributed by atoms with van der Waals surface area (Å²) >= 11 is 3.42. The van der Waals surface area contributed by atoms with E-state index in [1.807, 2.05) is 39.0 Å². The Morgan fingerprint density at radius 3 is 2.67 bits per heavy atom. The molecule has 0 bridgehead atoms. The summed E-state index contributed by atoms with van der Waals surface area (Å²) in [5.74, 6) is 1.01. The maximum Gasteiger partial charge on any atom is 0.407 e. The van der Waals surface area contributed by atoms with Crippen LogP contribution < -0.4 is 14.8 Å². The van der Waals surface area contributed by atoms with E-state index in [0.29, 0.717) is 24.8 Å². The molecule has 1 aromatic carbocycles. The number of amides is 1. The van der Waals surface area contributed by atoms with Crippen molar-refractivity contribution in [3.63, 3.8) is 0 Å². The number of ether oxygens (including phenoxy) is 3. The SMILES string of the molecule is CC(C)(C)OC(=O)NCc1cncc(OCCOc2cnc3ccc(Br)cc3n2)c1. The molecule has 0 aliphatic rings. The van der Waals surface area contributed by atoms with Gasteiger partial charge >= 0.3 is 6.09 Å². The highest BCUT2D eigenvalue weighted by Crippen LogP contribution is 2.19. The Morgan fingerprint density at radius 2 is 1.87 bits per heavy atom. The molecule has 30 heavy (non-hydrogen) atoms. The molecule has 9 heteroatoms. The molecular weight excluding hydrogens is 452 g/mol. The number of hydrogen-bond acceptors (Lipinski definition) is 7. The highest BCUT2D eigenvalue weighted by atomic mass is 79.9. The van der Waals surface area contributed by atoms with Crippen molar-refractivity contribution in [2.75, 3.05) is 13.2 Å². The lowest BCUT2D eigenvalue weighted by Gasteiger charge is -2.19. The van der Waals surface area contributed by atoms with Crippen molar-refractivity contribution in [1.82, 2.24) is 20.3 Å². The standard InChI is InChI=1S/C21H23BrN4O4/c1-21(2,3)30-20(27)25-11-14-8-16(12-23-10-14)28-6-7-29-19-13-24-17-5-4-15(22)9-18(17)26-19/h4-5,8-10,12-13H,6-7,11H2,1-3H3,(H,25,27). The molecule has 0 aliphatic carbocycles. The number of fused-ring (bicyclic) bond motifs is 1. The first-order valence-corrected chi connectivity index (χ1v) is 10.2. The predicted octanol–water partition coefficient (Wildman–Crippen LogP) is 4.27. The summed E-state index contributed by atoms with van der Waals surface area (Å²) in [7, 11) is 0. The van der Waals surface area contributed by atoms with E-state index in [9.17, 15) is 4.79 Å². The molecule has 0 atom stereocenters. The van der Waals surface area contributed by atoms with E-state index in [-0.39, 0.29) is 6.54 Å². The second-order valence-electron chi connectivity index (χ2n) is 7.42. The van der Waals surface area contributed by atoms with Gasteiger partial charge in [0.2, 0.25) is 5.88 Å². The van der Waals surface area contributed by atoms with E-state index in [1.165, 1.54) is 0 Å². The van der Waals surface area contributed by atoms with E-state index < -0.39 is 11.7 Å². The minimum absolute atomic E-state index is 0.290. The van der Waals surface area contributed by atoms with Gasteiger partial charge in [0.25, 0.3) is 0 Å². The first kappa shape index (κ1) is 21.8. The van der Waals surface area contributed by atoms with Gasteiger partial charge in [-0.25, -0.2) is 14.8 Å². The first-order valence-electron chi connectivity index (χ1n) is 9.37. The zero-order valence-electron chi connectivity index (χ0n) is 17.0. The Hall–Kier alpha value is -2.94. The van der Waals surface area contributed by atoms with E-state index in [1.54, 1.807) is 24.7 Å². The van der Waals surface area contributed by atoms with Gasteiger partial charge in [-0.3, -0.25) is 4.98 Å². The number of aromatic nitrogens is 3. The quantitative estimate of drug-likeness (QED) is 0.510. The fourth-order valence-electron chi connectivity index (χ4n) is 2.47. The Balaban J connectivity index is 1.46. The number of halogens is 1. The number of carbonyl (C=O) groups excluding carboxylic acids is 1. The van der Waals surface area contributed by atoms with Crippen LogP contribution in [0.3, 0.4) is 0 Å². The Bertz CT molecular complexity index is 1020. The second-order valence-corrected chi connectivity index (χ2v) is 8.34. The summed E-state index contributed by atoms with van der Waals surface area (Å²) in [6.45, 7) is 6.34. The molecule has 0 spiro atoms. The van der Waals surface area contributed by atoms with E-state index >= 15 is 0 Å². The third-order valence-electron chi connectivity index (χ3n) is 3.69. The lowest BCUT2D eigenvalue weighted by molar-refractivity contribution is 0.0523.